The Bertz CT molecular complexity index is 471. The average Bonchev–Trinajstić information content (AvgIpc) is 3.07. The minimum atomic E-state index is -0.687. The lowest BCUT2D eigenvalue weighted by Crippen LogP contribution is -2.13. The molecule has 0 radical (unpaired) electrons. The number of aliphatic carboxylic acids is 1. The predicted molar refractivity (Wildman–Crippen MR) is 70.2 cm³/mol. The lowest BCUT2D eigenvalue weighted by Gasteiger charge is -2.23. The number of benzene rings is 1. The summed E-state index contributed by atoms with van der Waals surface area (Å²) in [7, 11) is 1.67. The second kappa shape index (κ2) is 4.30. The number of rotatable bonds is 3. The summed E-state index contributed by atoms with van der Waals surface area (Å²) in [6.45, 7) is 6.41. The topological polar surface area (TPSA) is 46.5 Å². The van der Waals surface area contributed by atoms with Gasteiger partial charge in [-0.2, -0.15) is 0 Å². The van der Waals surface area contributed by atoms with Crippen molar-refractivity contribution in [2.75, 3.05) is 7.11 Å². The van der Waals surface area contributed by atoms with Crippen molar-refractivity contribution >= 4 is 5.97 Å². The Morgan fingerprint density at radius 3 is 2.50 bits per heavy atom. The zero-order valence-electron chi connectivity index (χ0n) is 11.4. The third-order valence-corrected chi connectivity index (χ3v) is 3.57. The highest BCUT2D eigenvalue weighted by molar-refractivity contribution is 5.75. The van der Waals surface area contributed by atoms with E-state index in [1.807, 2.05) is 12.1 Å². The standard InChI is InChI=1S/C15H20O3/c1-15(2,3)12-7-9(5-6-13(12)18-4)10-8-11(10)14(16)17/h5-7,10-11H,8H2,1-4H3,(H,16,17). The van der Waals surface area contributed by atoms with Crippen LogP contribution >= 0.6 is 0 Å². The molecule has 2 atom stereocenters. The van der Waals surface area contributed by atoms with Gasteiger partial charge in [0.05, 0.1) is 13.0 Å². The van der Waals surface area contributed by atoms with E-state index in [9.17, 15) is 4.79 Å². The van der Waals surface area contributed by atoms with Gasteiger partial charge in [0.15, 0.2) is 0 Å². The molecule has 3 heteroatoms. The van der Waals surface area contributed by atoms with Crippen LogP contribution in [-0.2, 0) is 10.2 Å². The van der Waals surface area contributed by atoms with Crippen molar-refractivity contribution in [3.8, 4) is 5.75 Å². The maximum Gasteiger partial charge on any atom is 0.307 e. The molecule has 1 fully saturated rings. The van der Waals surface area contributed by atoms with Crippen LogP contribution in [0.1, 0.15) is 44.2 Å². The number of hydrogen-bond donors (Lipinski definition) is 1. The zero-order valence-corrected chi connectivity index (χ0v) is 11.4. The van der Waals surface area contributed by atoms with E-state index in [1.54, 1.807) is 7.11 Å². The van der Waals surface area contributed by atoms with Crippen molar-refractivity contribution in [3.05, 3.63) is 29.3 Å². The zero-order chi connectivity index (χ0) is 13.5. The lowest BCUT2D eigenvalue weighted by molar-refractivity contribution is -0.138. The van der Waals surface area contributed by atoms with E-state index in [0.29, 0.717) is 0 Å². The summed E-state index contributed by atoms with van der Waals surface area (Å²) in [4.78, 5) is 10.9. The van der Waals surface area contributed by atoms with Crippen molar-refractivity contribution in [2.45, 2.75) is 38.5 Å². The normalized spacial score (nSPS) is 22.7. The number of ether oxygens (including phenoxy) is 1. The Kier molecular flexibility index (Phi) is 3.09. The number of hydrogen-bond acceptors (Lipinski definition) is 2. The maximum absolute atomic E-state index is 10.9. The largest absolute Gasteiger partial charge is 0.496 e. The van der Waals surface area contributed by atoms with E-state index in [4.69, 9.17) is 9.84 Å². The predicted octanol–water partition coefficient (Wildman–Crippen LogP) is 3.18. The van der Waals surface area contributed by atoms with Crippen LogP contribution in [-0.4, -0.2) is 18.2 Å². The molecule has 2 rings (SSSR count). The van der Waals surface area contributed by atoms with Crippen molar-refractivity contribution in [3.63, 3.8) is 0 Å². The molecule has 0 aromatic heterocycles. The quantitative estimate of drug-likeness (QED) is 0.893. The summed E-state index contributed by atoms with van der Waals surface area (Å²) >= 11 is 0. The van der Waals surface area contributed by atoms with Crippen LogP contribution in [0.15, 0.2) is 18.2 Å². The fourth-order valence-electron chi connectivity index (χ4n) is 2.38. The van der Waals surface area contributed by atoms with Crippen LogP contribution in [0.25, 0.3) is 0 Å². The van der Waals surface area contributed by atoms with Gasteiger partial charge in [-0.15, -0.1) is 0 Å². The summed E-state index contributed by atoms with van der Waals surface area (Å²) in [6.07, 6.45) is 0.755. The van der Waals surface area contributed by atoms with E-state index < -0.39 is 5.97 Å². The minimum Gasteiger partial charge on any atom is -0.496 e. The van der Waals surface area contributed by atoms with Crippen LogP contribution in [0, 0.1) is 5.92 Å². The molecular weight excluding hydrogens is 228 g/mol. The summed E-state index contributed by atoms with van der Waals surface area (Å²) in [6, 6.07) is 6.04. The fourth-order valence-corrected chi connectivity index (χ4v) is 2.38. The second-order valence-corrected chi connectivity index (χ2v) is 6.00. The van der Waals surface area contributed by atoms with Gasteiger partial charge in [0.2, 0.25) is 0 Å². The van der Waals surface area contributed by atoms with Crippen molar-refractivity contribution in [2.24, 2.45) is 5.92 Å². The highest BCUT2D eigenvalue weighted by Crippen LogP contribution is 2.49. The Morgan fingerprint density at radius 2 is 2.06 bits per heavy atom. The van der Waals surface area contributed by atoms with Gasteiger partial charge in [0, 0.05) is 0 Å². The molecule has 1 N–H and O–H groups in total. The molecule has 0 saturated heterocycles. The van der Waals surface area contributed by atoms with Crippen molar-refractivity contribution in [1.29, 1.82) is 0 Å². The molecule has 3 nitrogen and oxygen atoms in total. The summed E-state index contributed by atoms with van der Waals surface area (Å²) < 4.78 is 5.38. The molecule has 1 aromatic rings. The molecule has 1 aromatic carbocycles. The van der Waals surface area contributed by atoms with E-state index in [2.05, 4.69) is 26.8 Å². The molecular formula is C15H20O3. The number of carboxylic acids is 1. The molecule has 1 saturated carbocycles. The fraction of sp³-hybridized carbons (Fsp3) is 0.533. The van der Waals surface area contributed by atoms with Gasteiger partial charge >= 0.3 is 5.97 Å². The highest BCUT2D eigenvalue weighted by Gasteiger charge is 2.44. The molecule has 1 aliphatic rings. The molecule has 0 aliphatic heterocycles. The summed E-state index contributed by atoms with van der Waals surface area (Å²) in [5.41, 5.74) is 2.25. The van der Waals surface area contributed by atoms with Gasteiger partial charge in [-0.1, -0.05) is 32.9 Å². The number of carboxylic acid groups (broad SMARTS) is 1. The van der Waals surface area contributed by atoms with E-state index in [1.165, 1.54) is 0 Å². The molecule has 2 unspecified atom stereocenters. The third-order valence-electron chi connectivity index (χ3n) is 3.57. The van der Waals surface area contributed by atoms with Crippen molar-refractivity contribution in [1.82, 2.24) is 0 Å². The van der Waals surface area contributed by atoms with Crippen molar-refractivity contribution < 1.29 is 14.6 Å². The van der Waals surface area contributed by atoms with Crippen LogP contribution in [0.4, 0.5) is 0 Å². The Balaban J connectivity index is 2.33. The van der Waals surface area contributed by atoms with Gasteiger partial charge in [-0.3, -0.25) is 4.79 Å². The first-order valence-electron chi connectivity index (χ1n) is 6.26. The SMILES string of the molecule is COc1ccc(C2CC2C(=O)O)cc1C(C)(C)C. The number of carbonyl (C=O) groups is 1. The van der Waals surface area contributed by atoms with Crippen LogP contribution in [0.2, 0.25) is 0 Å². The Morgan fingerprint density at radius 1 is 1.39 bits per heavy atom. The molecule has 0 bridgehead atoms. The Hall–Kier alpha value is -1.51. The van der Waals surface area contributed by atoms with Crippen LogP contribution < -0.4 is 4.74 Å². The molecule has 0 amide bonds. The number of methoxy groups -OCH3 is 1. The minimum absolute atomic E-state index is 0.00500. The van der Waals surface area contributed by atoms with Crippen LogP contribution in [0.3, 0.4) is 0 Å². The molecule has 18 heavy (non-hydrogen) atoms. The molecule has 0 heterocycles. The first-order valence-corrected chi connectivity index (χ1v) is 6.26. The Labute approximate surface area is 108 Å². The van der Waals surface area contributed by atoms with Gasteiger partial charge in [0.25, 0.3) is 0 Å². The van der Waals surface area contributed by atoms with E-state index in [0.717, 1.165) is 23.3 Å². The first kappa shape index (κ1) is 12.9. The van der Waals surface area contributed by atoms with E-state index in [-0.39, 0.29) is 17.3 Å². The average molecular weight is 248 g/mol. The van der Waals surface area contributed by atoms with Gasteiger partial charge < -0.3 is 9.84 Å². The van der Waals surface area contributed by atoms with Gasteiger partial charge in [0.1, 0.15) is 5.75 Å². The first-order chi connectivity index (χ1) is 8.34. The molecule has 0 spiro atoms. The third kappa shape index (κ3) is 2.35. The van der Waals surface area contributed by atoms with Gasteiger partial charge in [-0.25, -0.2) is 0 Å². The molecule has 98 valence electrons. The smallest absolute Gasteiger partial charge is 0.307 e. The summed E-state index contributed by atoms with van der Waals surface area (Å²) in [5.74, 6) is 0.160. The van der Waals surface area contributed by atoms with Gasteiger partial charge in [-0.05, 0) is 34.9 Å². The second-order valence-electron chi connectivity index (χ2n) is 6.00. The molecule has 1 aliphatic carbocycles. The van der Waals surface area contributed by atoms with E-state index >= 15 is 0 Å². The van der Waals surface area contributed by atoms with Crippen LogP contribution in [0.5, 0.6) is 5.75 Å². The monoisotopic (exact) mass is 248 g/mol. The summed E-state index contributed by atoms with van der Waals surface area (Å²) in [5, 5.41) is 8.99. The highest BCUT2D eigenvalue weighted by atomic mass is 16.5. The lowest BCUT2D eigenvalue weighted by atomic mass is 9.85. The maximum atomic E-state index is 10.9.